The zero-order chi connectivity index (χ0) is 74.6. The minimum Gasteiger partial charge on any atom is -0.462 e. The Labute approximate surface area is 626 Å². The summed E-state index contributed by atoms with van der Waals surface area (Å²) in [7, 11) is -9.92. The highest BCUT2D eigenvalue weighted by Gasteiger charge is 2.30. The van der Waals surface area contributed by atoms with E-state index >= 15 is 0 Å². The fraction of sp³-hybridized carbons (Fsp3) is 0.952. The van der Waals surface area contributed by atoms with Crippen LogP contribution in [0.3, 0.4) is 0 Å². The van der Waals surface area contributed by atoms with Gasteiger partial charge in [0.25, 0.3) is 0 Å². The van der Waals surface area contributed by atoms with Gasteiger partial charge in [-0.25, -0.2) is 9.13 Å². The Bertz CT molecular complexity index is 1930. The summed E-state index contributed by atoms with van der Waals surface area (Å²) < 4.78 is 68.8. The van der Waals surface area contributed by atoms with Crippen molar-refractivity contribution in [3.05, 3.63) is 0 Å². The van der Waals surface area contributed by atoms with Gasteiger partial charge in [0, 0.05) is 25.7 Å². The molecule has 606 valence electrons. The van der Waals surface area contributed by atoms with Crippen LogP contribution in [-0.4, -0.2) is 96.7 Å². The Morgan fingerprint density at radius 1 is 0.235 bits per heavy atom. The van der Waals surface area contributed by atoms with Crippen LogP contribution in [0, 0.1) is 0 Å². The fourth-order valence-electron chi connectivity index (χ4n) is 13.0. The molecule has 0 saturated heterocycles. The minimum atomic E-state index is -4.96. The van der Waals surface area contributed by atoms with E-state index in [2.05, 4.69) is 27.7 Å². The molecule has 0 radical (unpaired) electrons. The molecule has 0 bridgehead atoms. The SMILES string of the molecule is CCCCCCCCCCCCCCCCCCCC(=O)OC[C@H](COP(=O)(O)OC[C@@H](O)COP(=O)(O)OC[C@@H](COC(=O)CCCCCCCCCCCCCCC)OC(=O)CCCCCCCCCCCCCCCCC)OC(=O)CCCCCCCCCCCCCCCCCCC. The summed E-state index contributed by atoms with van der Waals surface area (Å²) in [6.07, 6.45) is 70.6. The third kappa shape index (κ3) is 76.3. The first-order valence-corrected chi connectivity index (χ1v) is 46.3. The molecule has 0 rings (SSSR count). The molecular formula is C83H162O17P2. The Balaban J connectivity index is 5.26. The van der Waals surface area contributed by atoms with E-state index in [1.54, 1.807) is 0 Å². The second-order valence-electron chi connectivity index (χ2n) is 29.9. The zero-order valence-corrected chi connectivity index (χ0v) is 68.4. The summed E-state index contributed by atoms with van der Waals surface area (Å²) in [4.78, 5) is 73.2. The topological polar surface area (TPSA) is 237 Å². The summed E-state index contributed by atoms with van der Waals surface area (Å²) in [6, 6.07) is 0. The van der Waals surface area contributed by atoms with Crippen LogP contribution in [0.2, 0.25) is 0 Å². The number of phosphoric ester groups is 2. The van der Waals surface area contributed by atoms with Crippen molar-refractivity contribution >= 4 is 39.5 Å². The van der Waals surface area contributed by atoms with E-state index < -0.39 is 97.5 Å². The number of ether oxygens (including phenoxy) is 4. The average Bonchev–Trinajstić information content (AvgIpc) is 0.943. The van der Waals surface area contributed by atoms with Crippen molar-refractivity contribution < 1.29 is 80.2 Å². The predicted molar refractivity (Wildman–Crippen MR) is 419 cm³/mol. The van der Waals surface area contributed by atoms with E-state index in [0.717, 1.165) is 89.9 Å². The van der Waals surface area contributed by atoms with Gasteiger partial charge in [-0.05, 0) is 25.7 Å². The van der Waals surface area contributed by atoms with E-state index in [0.29, 0.717) is 25.7 Å². The molecule has 0 aromatic carbocycles. The molecule has 0 aromatic rings. The monoisotopic (exact) mass is 1490 g/mol. The summed E-state index contributed by atoms with van der Waals surface area (Å²) in [5, 5.41) is 10.7. The Kier molecular flexibility index (Phi) is 75.8. The largest absolute Gasteiger partial charge is 0.472 e. The van der Waals surface area contributed by atoms with Crippen LogP contribution in [0.4, 0.5) is 0 Å². The van der Waals surface area contributed by atoms with Crippen molar-refractivity contribution in [3.8, 4) is 0 Å². The van der Waals surface area contributed by atoms with Crippen molar-refractivity contribution in [2.75, 3.05) is 39.6 Å². The van der Waals surface area contributed by atoms with Crippen LogP contribution >= 0.6 is 15.6 Å². The number of hydrogen-bond donors (Lipinski definition) is 3. The first kappa shape index (κ1) is 100. The standard InChI is InChI=1S/C83H162O17P2/c1-5-9-13-17-21-25-29-33-36-38-41-44-48-52-56-60-64-68-81(86)94-74-79(100-83(88)70-66-62-58-54-50-46-42-39-37-34-30-26-22-18-14-10-6-2)76-98-102(91,92)96-72-77(84)71-95-101(89,90)97-75-78(73-93-80(85)67-63-59-55-51-47-43-32-28-24-20-16-12-8-4)99-82(87)69-65-61-57-53-49-45-40-35-31-27-23-19-15-11-7-3/h77-79,84H,5-76H2,1-4H3,(H,89,90)(H,91,92)/t77-,78+,79+/m0/s1. The minimum absolute atomic E-state index is 0.109. The third-order valence-electron chi connectivity index (χ3n) is 19.6. The predicted octanol–water partition coefficient (Wildman–Crippen LogP) is 25.4. The van der Waals surface area contributed by atoms with Crippen LogP contribution in [0.5, 0.6) is 0 Å². The van der Waals surface area contributed by atoms with Gasteiger partial charge in [-0.1, -0.05) is 400 Å². The van der Waals surface area contributed by atoms with E-state index in [1.165, 1.54) is 283 Å². The van der Waals surface area contributed by atoms with Crippen LogP contribution < -0.4 is 0 Å². The van der Waals surface area contributed by atoms with Crippen LogP contribution in [0.15, 0.2) is 0 Å². The highest BCUT2D eigenvalue weighted by molar-refractivity contribution is 7.47. The molecule has 3 N–H and O–H groups in total. The smallest absolute Gasteiger partial charge is 0.462 e. The lowest BCUT2D eigenvalue weighted by atomic mass is 10.0. The van der Waals surface area contributed by atoms with Gasteiger partial charge >= 0.3 is 39.5 Å². The summed E-state index contributed by atoms with van der Waals surface area (Å²) in [6.45, 7) is 5.06. The Hall–Kier alpha value is -1.94. The van der Waals surface area contributed by atoms with Gasteiger partial charge in [0.15, 0.2) is 12.2 Å². The quantitative estimate of drug-likeness (QED) is 0.0222. The molecule has 0 heterocycles. The van der Waals surface area contributed by atoms with Gasteiger partial charge in [-0.15, -0.1) is 0 Å². The molecule has 0 fully saturated rings. The number of carbonyl (C=O) groups is 4. The van der Waals surface area contributed by atoms with E-state index in [1.807, 2.05) is 0 Å². The Morgan fingerprint density at radius 2 is 0.392 bits per heavy atom. The number of carbonyl (C=O) groups excluding carboxylic acids is 4. The number of aliphatic hydroxyl groups excluding tert-OH is 1. The average molecular weight is 1490 g/mol. The molecule has 2 unspecified atom stereocenters. The maximum atomic E-state index is 13.1. The molecule has 0 amide bonds. The number of hydrogen-bond acceptors (Lipinski definition) is 15. The van der Waals surface area contributed by atoms with E-state index in [9.17, 15) is 43.2 Å². The second-order valence-corrected chi connectivity index (χ2v) is 32.8. The molecule has 0 aromatic heterocycles. The van der Waals surface area contributed by atoms with Gasteiger partial charge in [0.1, 0.15) is 19.3 Å². The lowest BCUT2D eigenvalue weighted by Gasteiger charge is -2.21. The molecule has 19 heteroatoms. The van der Waals surface area contributed by atoms with E-state index in [4.69, 9.17) is 37.0 Å². The van der Waals surface area contributed by atoms with Crippen molar-refractivity contribution in [2.24, 2.45) is 0 Å². The number of unbranched alkanes of at least 4 members (excludes halogenated alkanes) is 58. The van der Waals surface area contributed by atoms with Crippen molar-refractivity contribution in [1.82, 2.24) is 0 Å². The number of phosphoric acid groups is 2. The van der Waals surface area contributed by atoms with Crippen LogP contribution in [-0.2, 0) is 65.4 Å². The third-order valence-corrected chi connectivity index (χ3v) is 21.5. The molecule has 0 saturated carbocycles. The van der Waals surface area contributed by atoms with Gasteiger partial charge in [0.2, 0.25) is 0 Å². The maximum absolute atomic E-state index is 13.1. The first-order valence-electron chi connectivity index (χ1n) is 43.3. The van der Waals surface area contributed by atoms with Crippen molar-refractivity contribution in [3.63, 3.8) is 0 Å². The molecule has 17 nitrogen and oxygen atoms in total. The van der Waals surface area contributed by atoms with Crippen LogP contribution in [0.1, 0.15) is 451 Å². The molecule has 5 atom stereocenters. The molecular weight excluding hydrogens is 1330 g/mol. The second kappa shape index (κ2) is 77.2. The molecule has 0 spiro atoms. The normalized spacial score (nSPS) is 13.8. The zero-order valence-electron chi connectivity index (χ0n) is 66.6. The number of esters is 4. The summed E-state index contributed by atoms with van der Waals surface area (Å²) >= 11 is 0. The lowest BCUT2D eigenvalue weighted by molar-refractivity contribution is -0.161. The van der Waals surface area contributed by atoms with Crippen LogP contribution in [0.25, 0.3) is 0 Å². The summed E-state index contributed by atoms with van der Waals surface area (Å²) in [5.74, 6) is -2.10. The molecule has 0 aliphatic heterocycles. The summed E-state index contributed by atoms with van der Waals surface area (Å²) in [5.41, 5.74) is 0. The lowest BCUT2D eigenvalue weighted by Crippen LogP contribution is -2.30. The van der Waals surface area contributed by atoms with Gasteiger partial charge in [-0.2, -0.15) is 0 Å². The molecule has 102 heavy (non-hydrogen) atoms. The fourth-order valence-corrected chi connectivity index (χ4v) is 14.6. The molecule has 0 aliphatic carbocycles. The van der Waals surface area contributed by atoms with Gasteiger partial charge in [0.05, 0.1) is 26.4 Å². The van der Waals surface area contributed by atoms with Gasteiger partial charge < -0.3 is 33.8 Å². The highest BCUT2D eigenvalue weighted by Crippen LogP contribution is 2.45. The first-order chi connectivity index (χ1) is 49.7. The maximum Gasteiger partial charge on any atom is 0.472 e. The Morgan fingerprint density at radius 3 is 0.578 bits per heavy atom. The van der Waals surface area contributed by atoms with E-state index in [-0.39, 0.29) is 25.7 Å². The highest BCUT2D eigenvalue weighted by atomic mass is 31.2. The number of rotatable bonds is 84. The molecule has 0 aliphatic rings. The van der Waals surface area contributed by atoms with Crippen molar-refractivity contribution in [1.29, 1.82) is 0 Å². The van der Waals surface area contributed by atoms with Gasteiger partial charge in [-0.3, -0.25) is 37.3 Å². The van der Waals surface area contributed by atoms with Crippen molar-refractivity contribution in [2.45, 2.75) is 470 Å². The number of aliphatic hydroxyl groups is 1.